The van der Waals surface area contributed by atoms with Crippen molar-refractivity contribution in [3.63, 3.8) is 0 Å². The molecule has 0 amide bonds. The second-order valence-electron chi connectivity index (χ2n) is 5.60. The van der Waals surface area contributed by atoms with Crippen molar-refractivity contribution < 1.29 is 8.78 Å². The zero-order chi connectivity index (χ0) is 14.4. The molecule has 3 heteroatoms. The molecule has 0 spiro atoms. The van der Waals surface area contributed by atoms with Gasteiger partial charge in [0.15, 0.2) is 0 Å². The number of halogens is 2. The van der Waals surface area contributed by atoms with E-state index >= 15 is 0 Å². The summed E-state index contributed by atoms with van der Waals surface area (Å²) in [5.41, 5.74) is 1.09. The van der Waals surface area contributed by atoms with Crippen LogP contribution in [0.15, 0.2) is 12.1 Å². The Morgan fingerprint density at radius 1 is 1.11 bits per heavy atom. The smallest absolute Gasteiger partial charge is 0.130 e. The van der Waals surface area contributed by atoms with Crippen LogP contribution in [0.3, 0.4) is 0 Å². The minimum atomic E-state index is -0.473. The largest absolute Gasteiger partial charge is 0.310 e. The zero-order valence-electron chi connectivity index (χ0n) is 12.4. The van der Waals surface area contributed by atoms with Gasteiger partial charge < -0.3 is 5.32 Å². The van der Waals surface area contributed by atoms with Crippen molar-refractivity contribution in [1.82, 2.24) is 5.32 Å². The van der Waals surface area contributed by atoms with E-state index in [1.807, 2.05) is 0 Å². The summed E-state index contributed by atoms with van der Waals surface area (Å²) in [4.78, 5) is 0. The van der Waals surface area contributed by atoms with Gasteiger partial charge in [-0.25, -0.2) is 8.78 Å². The maximum atomic E-state index is 14.0. The van der Waals surface area contributed by atoms with Crippen molar-refractivity contribution in [1.29, 1.82) is 0 Å². The van der Waals surface area contributed by atoms with E-state index in [0.29, 0.717) is 17.0 Å². The van der Waals surface area contributed by atoms with Gasteiger partial charge in [0.25, 0.3) is 0 Å². The highest BCUT2D eigenvalue weighted by Gasteiger charge is 2.17. The molecule has 0 saturated heterocycles. The molecule has 0 aliphatic heterocycles. The van der Waals surface area contributed by atoms with Crippen molar-refractivity contribution in [3.05, 3.63) is 34.9 Å². The molecule has 0 bridgehead atoms. The predicted molar refractivity (Wildman–Crippen MR) is 76.2 cm³/mol. The molecule has 0 fully saturated rings. The summed E-state index contributed by atoms with van der Waals surface area (Å²) in [6.45, 7) is 8.92. The summed E-state index contributed by atoms with van der Waals surface area (Å²) >= 11 is 0. The number of benzene rings is 1. The highest BCUT2D eigenvalue weighted by Crippen LogP contribution is 2.25. The van der Waals surface area contributed by atoms with Crippen LogP contribution in [0.1, 0.15) is 57.2 Å². The van der Waals surface area contributed by atoms with Gasteiger partial charge in [-0.3, -0.25) is 0 Å². The highest BCUT2D eigenvalue weighted by molar-refractivity contribution is 5.28. The molecule has 1 atom stereocenters. The molecular weight excluding hydrogens is 244 g/mol. The third-order valence-corrected chi connectivity index (χ3v) is 3.33. The Labute approximate surface area is 115 Å². The fourth-order valence-electron chi connectivity index (χ4n) is 2.13. The molecule has 0 aliphatic rings. The zero-order valence-corrected chi connectivity index (χ0v) is 12.4. The van der Waals surface area contributed by atoms with Crippen molar-refractivity contribution in [2.45, 2.75) is 53.0 Å². The number of hydrogen-bond donors (Lipinski definition) is 1. The molecule has 1 rings (SSSR count). The quantitative estimate of drug-likeness (QED) is 0.753. The van der Waals surface area contributed by atoms with Crippen LogP contribution >= 0.6 is 0 Å². The van der Waals surface area contributed by atoms with E-state index in [0.717, 1.165) is 31.9 Å². The lowest BCUT2D eigenvalue weighted by molar-refractivity contribution is 0.425. The molecule has 19 heavy (non-hydrogen) atoms. The van der Waals surface area contributed by atoms with Gasteiger partial charge in [0.05, 0.1) is 0 Å². The molecular formula is C16H25F2N. The van der Waals surface area contributed by atoms with Crippen LogP contribution in [0.2, 0.25) is 0 Å². The molecule has 0 heterocycles. The van der Waals surface area contributed by atoms with Crippen LogP contribution in [0.5, 0.6) is 0 Å². The van der Waals surface area contributed by atoms with E-state index in [9.17, 15) is 8.78 Å². The number of rotatable bonds is 7. The Bertz CT molecular complexity index is 402. The molecule has 1 nitrogen and oxygen atoms in total. The fraction of sp³-hybridized carbons (Fsp3) is 0.625. The Balaban J connectivity index is 2.92. The summed E-state index contributed by atoms with van der Waals surface area (Å²) in [7, 11) is 0. The second kappa shape index (κ2) is 7.59. The van der Waals surface area contributed by atoms with Crippen molar-refractivity contribution in [3.8, 4) is 0 Å². The lowest BCUT2D eigenvalue weighted by atomic mass is 9.96. The van der Waals surface area contributed by atoms with Crippen LogP contribution in [0, 0.1) is 24.5 Å². The van der Waals surface area contributed by atoms with Gasteiger partial charge in [0.1, 0.15) is 11.6 Å². The van der Waals surface area contributed by atoms with E-state index in [1.165, 1.54) is 0 Å². The Kier molecular flexibility index (Phi) is 6.43. The van der Waals surface area contributed by atoms with Crippen molar-refractivity contribution >= 4 is 0 Å². The average molecular weight is 269 g/mol. The highest BCUT2D eigenvalue weighted by atomic mass is 19.1. The number of hydrogen-bond acceptors (Lipinski definition) is 1. The van der Waals surface area contributed by atoms with Crippen molar-refractivity contribution in [2.24, 2.45) is 5.92 Å². The van der Waals surface area contributed by atoms with Crippen molar-refractivity contribution in [2.75, 3.05) is 6.54 Å². The van der Waals surface area contributed by atoms with Crippen LogP contribution in [0.25, 0.3) is 0 Å². The third-order valence-electron chi connectivity index (χ3n) is 3.33. The van der Waals surface area contributed by atoms with Crippen LogP contribution < -0.4 is 5.32 Å². The van der Waals surface area contributed by atoms with Gasteiger partial charge in [-0.15, -0.1) is 0 Å². The topological polar surface area (TPSA) is 12.0 Å². The van der Waals surface area contributed by atoms with E-state index in [2.05, 4.69) is 26.1 Å². The molecule has 0 aromatic heterocycles. The summed E-state index contributed by atoms with van der Waals surface area (Å²) in [6.07, 6.45) is 2.90. The van der Waals surface area contributed by atoms with E-state index in [1.54, 1.807) is 13.0 Å². The fourth-order valence-corrected chi connectivity index (χ4v) is 2.13. The maximum Gasteiger partial charge on any atom is 0.130 e. The molecule has 108 valence electrons. The van der Waals surface area contributed by atoms with Gasteiger partial charge in [-0.2, -0.15) is 0 Å². The van der Waals surface area contributed by atoms with Gasteiger partial charge in [-0.1, -0.05) is 20.8 Å². The summed E-state index contributed by atoms with van der Waals surface area (Å²) in [6, 6.07) is 2.61. The molecule has 1 aromatic carbocycles. The molecule has 1 aromatic rings. The van der Waals surface area contributed by atoms with Gasteiger partial charge >= 0.3 is 0 Å². The molecule has 0 aliphatic carbocycles. The SMILES string of the molecule is CCCNC(CCC(C)C)c1cc(C)c(F)cc1F. The Morgan fingerprint density at radius 3 is 2.37 bits per heavy atom. The normalized spacial score (nSPS) is 13.0. The first-order valence-corrected chi connectivity index (χ1v) is 7.14. The molecule has 1 N–H and O–H groups in total. The minimum absolute atomic E-state index is 0.0263. The third kappa shape index (κ3) is 4.90. The van der Waals surface area contributed by atoms with Crippen LogP contribution in [0.4, 0.5) is 8.78 Å². The monoisotopic (exact) mass is 269 g/mol. The number of nitrogens with one attached hydrogen (secondary N) is 1. The van der Waals surface area contributed by atoms with Gasteiger partial charge in [0.2, 0.25) is 0 Å². The standard InChI is InChI=1S/C16H25F2N/c1-5-8-19-16(7-6-11(2)3)13-9-12(4)14(17)10-15(13)18/h9-11,16,19H,5-8H2,1-4H3. The van der Waals surface area contributed by atoms with Crippen LogP contribution in [-0.2, 0) is 0 Å². The first-order chi connectivity index (χ1) is 8.95. The van der Waals surface area contributed by atoms with Gasteiger partial charge in [0, 0.05) is 17.7 Å². The molecule has 0 saturated carbocycles. The Hall–Kier alpha value is -0.960. The summed E-state index contributed by atoms with van der Waals surface area (Å²) in [5, 5.41) is 3.37. The second-order valence-corrected chi connectivity index (χ2v) is 5.60. The van der Waals surface area contributed by atoms with E-state index in [-0.39, 0.29) is 6.04 Å². The summed E-state index contributed by atoms with van der Waals surface area (Å²) < 4.78 is 27.3. The average Bonchev–Trinajstić information content (AvgIpc) is 2.34. The minimum Gasteiger partial charge on any atom is -0.310 e. The van der Waals surface area contributed by atoms with E-state index in [4.69, 9.17) is 0 Å². The predicted octanol–water partition coefficient (Wildman–Crippen LogP) is 4.75. The van der Waals surface area contributed by atoms with Gasteiger partial charge in [-0.05, 0) is 50.3 Å². The van der Waals surface area contributed by atoms with Crippen LogP contribution in [-0.4, -0.2) is 6.54 Å². The number of aryl methyl sites for hydroxylation is 1. The Morgan fingerprint density at radius 2 is 1.79 bits per heavy atom. The molecule has 1 unspecified atom stereocenters. The van der Waals surface area contributed by atoms with E-state index < -0.39 is 11.6 Å². The summed E-state index contributed by atoms with van der Waals surface area (Å²) in [5.74, 6) is -0.338. The first kappa shape index (κ1) is 16.1. The maximum absolute atomic E-state index is 14.0. The molecule has 0 radical (unpaired) electrons. The first-order valence-electron chi connectivity index (χ1n) is 7.14. The lowest BCUT2D eigenvalue weighted by Gasteiger charge is -2.21. The lowest BCUT2D eigenvalue weighted by Crippen LogP contribution is -2.23.